The number of hydrogen-bond acceptors (Lipinski definition) is 4. The summed E-state index contributed by atoms with van der Waals surface area (Å²) in [5.41, 5.74) is 0.857. The van der Waals surface area contributed by atoms with Crippen molar-refractivity contribution < 1.29 is 9.18 Å². The molecule has 0 aliphatic rings. The van der Waals surface area contributed by atoms with Crippen LogP contribution in [0.3, 0.4) is 0 Å². The third-order valence-corrected chi connectivity index (χ3v) is 5.21. The van der Waals surface area contributed by atoms with Crippen LogP contribution < -0.4 is 5.32 Å². The van der Waals surface area contributed by atoms with Crippen molar-refractivity contribution >= 4 is 29.0 Å². The molecular formula is C18H15FN2OS2. The Morgan fingerprint density at radius 3 is 2.67 bits per heavy atom. The Morgan fingerprint density at radius 1 is 1.17 bits per heavy atom. The Balaban J connectivity index is 1.70. The van der Waals surface area contributed by atoms with Crippen LogP contribution in [0.4, 0.5) is 4.39 Å². The molecule has 0 radical (unpaired) electrons. The summed E-state index contributed by atoms with van der Waals surface area (Å²) in [6.07, 6.45) is 1.70. The average molecular weight is 358 g/mol. The number of pyridine rings is 1. The van der Waals surface area contributed by atoms with Gasteiger partial charge in [0.25, 0.3) is 0 Å². The Bertz CT molecular complexity index is 777. The van der Waals surface area contributed by atoms with Crippen molar-refractivity contribution in [2.45, 2.75) is 11.1 Å². The van der Waals surface area contributed by atoms with Crippen molar-refractivity contribution in [2.75, 3.05) is 5.75 Å². The van der Waals surface area contributed by atoms with Gasteiger partial charge in [0, 0.05) is 11.1 Å². The number of nitrogens with one attached hydrogen (secondary N) is 1. The summed E-state index contributed by atoms with van der Waals surface area (Å²) in [7, 11) is 0. The van der Waals surface area contributed by atoms with Crippen molar-refractivity contribution in [3.05, 3.63) is 82.4 Å². The summed E-state index contributed by atoms with van der Waals surface area (Å²) in [5, 5.41) is 5.79. The molecule has 0 spiro atoms. The van der Waals surface area contributed by atoms with Crippen LogP contribution in [-0.4, -0.2) is 16.6 Å². The van der Waals surface area contributed by atoms with E-state index in [4.69, 9.17) is 0 Å². The number of hydrogen-bond donors (Lipinski definition) is 1. The molecule has 2 heterocycles. The fourth-order valence-electron chi connectivity index (χ4n) is 2.20. The summed E-state index contributed by atoms with van der Waals surface area (Å²) in [6.45, 7) is 0. The lowest BCUT2D eigenvalue weighted by Crippen LogP contribution is -2.30. The van der Waals surface area contributed by atoms with Crippen molar-refractivity contribution in [3.8, 4) is 0 Å². The number of amides is 1. The molecule has 1 atom stereocenters. The van der Waals surface area contributed by atoms with E-state index in [1.54, 1.807) is 29.7 Å². The molecule has 0 aliphatic heterocycles. The highest BCUT2D eigenvalue weighted by Gasteiger charge is 2.18. The van der Waals surface area contributed by atoms with E-state index in [1.807, 2.05) is 35.7 Å². The van der Waals surface area contributed by atoms with Crippen LogP contribution in [0.1, 0.15) is 16.5 Å². The summed E-state index contributed by atoms with van der Waals surface area (Å²) < 4.78 is 13.2. The standard InChI is InChI=1S/C18H15FN2OS2/c19-14-8-6-13(7-9-14)18(15-4-3-11-23-15)21-16(22)12-24-17-5-1-2-10-20-17/h1-11,18H,12H2,(H,21,22)/t18-/m0/s1. The summed E-state index contributed by atoms with van der Waals surface area (Å²) in [4.78, 5) is 17.5. The van der Waals surface area contributed by atoms with Gasteiger partial charge < -0.3 is 5.32 Å². The monoisotopic (exact) mass is 358 g/mol. The molecule has 24 heavy (non-hydrogen) atoms. The number of nitrogens with zero attached hydrogens (tertiary/aromatic N) is 1. The van der Waals surface area contributed by atoms with Crippen molar-refractivity contribution in [1.82, 2.24) is 10.3 Å². The Hall–Kier alpha value is -2.18. The largest absolute Gasteiger partial charge is 0.344 e. The van der Waals surface area contributed by atoms with E-state index in [1.165, 1.54) is 23.9 Å². The molecule has 0 saturated carbocycles. The quantitative estimate of drug-likeness (QED) is 0.669. The maximum atomic E-state index is 13.2. The second-order valence-electron chi connectivity index (χ2n) is 5.02. The van der Waals surface area contributed by atoms with E-state index in [0.29, 0.717) is 0 Å². The van der Waals surface area contributed by atoms with Crippen LogP contribution in [0.5, 0.6) is 0 Å². The lowest BCUT2D eigenvalue weighted by atomic mass is 10.1. The lowest BCUT2D eigenvalue weighted by Gasteiger charge is -2.18. The molecule has 0 bridgehead atoms. The number of thiophene rings is 1. The highest BCUT2D eigenvalue weighted by molar-refractivity contribution is 7.99. The van der Waals surface area contributed by atoms with Crippen LogP contribution in [0.25, 0.3) is 0 Å². The first-order valence-electron chi connectivity index (χ1n) is 7.34. The average Bonchev–Trinajstić information content (AvgIpc) is 3.14. The van der Waals surface area contributed by atoms with E-state index >= 15 is 0 Å². The maximum Gasteiger partial charge on any atom is 0.231 e. The predicted molar refractivity (Wildman–Crippen MR) is 95.7 cm³/mol. The Kier molecular flexibility index (Phi) is 5.61. The van der Waals surface area contributed by atoms with Gasteiger partial charge in [0.1, 0.15) is 5.82 Å². The highest BCUT2D eigenvalue weighted by Crippen LogP contribution is 2.26. The molecule has 122 valence electrons. The van der Waals surface area contributed by atoms with Gasteiger partial charge in [-0.25, -0.2) is 9.37 Å². The predicted octanol–water partition coefficient (Wildman–Crippen LogP) is 4.28. The van der Waals surface area contributed by atoms with Gasteiger partial charge in [-0.1, -0.05) is 36.0 Å². The molecule has 3 aromatic rings. The second kappa shape index (κ2) is 8.08. The van der Waals surface area contributed by atoms with E-state index in [0.717, 1.165) is 15.5 Å². The zero-order valence-corrected chi connectivity index (χ0v) is 14.3. The first-order valence-corrected chi connectivity index (χ1v) is 9.21. The van der Waals surface area contributed by atoms with Gasteiger partial charge in [-0.15, -0.1) is 11.3 Å². The van der Waals surface area contributed by atoms with Crippen LogP contribution in [0.15, 0.2) is 71.2 Å². The van der Waals surface area contributed by atoms with E-state index in [2.05, 4.69) is 10.3 Å². The smallest absolute Gasteiger partial charge is 0.231 e. The Labute approximate surface area is 148 Å². The molecule has 0 unspecified atom stereocenters. The van der Waals surface area contributed by atoms with Gasteiger partial charge in [-0.2, -0.15) is 0 Å². The number of aromatic nitrogens is 1. The fourth-order valence-corrected chi connectivity index (χ4v) is 3.68. The number of carbonyl (C=O) groups is 1. The first-order chi connectivity index (χ1) is 11.7. The first kappa shape index (κ1) is 16.7. The number of benzene rings is 1. The molecule has 0 saturated heterocycles. The zero-order chi connectivity index (χ0) is 16.8. The zero-order valence-electron chi connectivity index (χ0n) is 12.7. The molecule has 2 aromatic heterocycles. The number of carbonyl (C=O) groups excluding carboxylic acids is 1. The molecule has 3 rings (SSSR count). The third-order valence-electron chi connectivity index (χ3n) is 3.33. The minimum Gasteiger partial charge on any atom is -0.344 e. The van der Waals surface area contributed by atoms with Gasteiger partial charge in [0.05, 0.1) is 16.8 Å². The van der Waals surface area contributed by atoms with Gasteiger partial charge in [-0.05, 0) is 41.3 Å². The SMILES string of the molecule is O=C(CSc1ccccn1)N[C@@H](c1ccc(F)cc1)c1cccs1. The topological polar surface area (TPSA) is 42.0 Å². The summed E-state index contributed by atoms with van der Waals surface area (Å²) >= 11 is 2.94. The lowest BCUT2D eigenvalue weighted by molar-refractivity contribution is -0.119. The molecule has 1 aromatic carbocycles. The molecule has 6 heteroatoms. The molecule has 1 N–H and O–H groups in total. The van der Waals surface area contributed by atoms with Crippen LogP contribution >= 0.6 is 23.1 Å². The van der Waals surface area contributed by atoms with Gasteiger partial charge in [0.2, 0.25) is 5.91 Å². The molecular weight excluding hydrogens is 343 g/mol. The van der Waals surface area contributed by atoms with Crippen molar-refractivity contribution in [1.29, 1.82) is 0 Å². The number of halogens is 1. The van der Waals surface area contributed by atoms with Crippen LogP contribution in [0.2, 0.25) is 0 Å². The summed E-state index contributed by atoms with van der Waals surface area (Å²) in [5.74, 6) is -0.103. The second-order valence-corrected chi connectivity index (χ2v) is 7.00. The van der Waals surface area contributed by atoms with Crippen LogP contribution in [0, 0.1) is 5.82 Å². The van der Waals surface area contributed by atoms with E-state index in [9.17, 15) is 9.18 Å². The number of thioether (sulfide) groups is 1. The van der Waals surface area contributed by atoms with Crippen LogP contribution in [-0.2, 0) is 4.79 Å². The maximum absolute atomic E-state index is 13.2. The van der Waals surface area contributed by atoms with Crippen molar-refractivity contribution in [2.24, 2.45) is 0 Å². The highest BCUT2D eigenvalue weighted by atomic mass is 32.2. The fraction of sp³-hybridized carbons (Fsp3) is 0.111. The summed E-state index contributed by atoms with van der Waals surface area (Å²) in [6, 6.07) is 15.4. The Morgan fingerprint density at radius 2 is 2.00 bits per heavy atom. The molecule has 3 nitrogen and oxygen atoms in total. The van der Waals surface area contributed by atoms with E-state index in [-0.39, 0.29) is 23.5 Å². The minimum absolute atomic E-state index is 0.0895. The molecule has 0 fully saturated rings. The number of rotatable bonds is 6. The molecule has 1 amide bonds. The van der Waals surface area contributed by atoms with Gasteiger partial charge in [0.15, 0.2) is 0 Å². The van der Waals surface area contributed by atoms with E-state index < -0.39 is 0 Å². The molecule has 0 aliphatic carbocycles. The van der Waals surface area contributed by atoms with Crippen molar-refractivity contribution in [3.63, 3.8) is 0 Å². The van der Waals surface area contributed by atoms with Gasteiger partial charge >= 0.3 is 0 Å². The third kappa shape index (κ3) is 4.43. The van der Waals surface area contributed by atoms with Gasteiger partial charge in [-0.3, -0.25) is 4.79 Å². The minimum atomic E-state index is -0.291. The normalized spacial score (nSPS) is 11.9.